The number of aliphatic hydroxyl groups excluding tert-OH is 1. The Balaban J connectivity index is 1.24. The molecular weight excluding hydrogens is 596 g/mol. The Morgan fingerprint density at radius 1 is 0.978 bits per heavy atom. The molecule has 3 N–H and O–H groups in total. The molecule has 9 nitrogen and oxygen atoms in total. The van der Waals surface area contributed by atoms with Crippen LogP contribution in [0.5, 0.6) is 0 Å². The minimum Gasteiger partial charge on any atom is -0.453 e. The van der Waals surface area contributed by atoms with E-state index >= 15 is 0 Å². The Morgan fingerprint density at radius 2 is 1.60 bits per heavy atom. The maximum absolute atomic E-state index is 12.2. The van der Waals surface area contributed by atoms with Crippen LogP contribution >= 0.6 is 11.6 Å². The highest BCUT2D eigenvalue weighted by Crippen LogP contribution is 2.39. The minimum absolute atomic E-state index is 0.0209. The Kier molecular flexibility index (Phi) is 10.9. The van der Waals surface area contributed by atoms with Gasteiger partial charge in [-0.3, -0.25) is 9.59 Å². The predicted molar refractivity (Wildman–Crippen MR) is 169 cm³/mol. The van der Waals surface area contributed by atoms with E-state index in [2.05, 4.69) is 10.2 Å². The Morgan fingerprint density at radius 3 is 2.22 bits per heavy atom. The summed E-state index contributed by atoms with van der Waals surface area (Å²) in [7, 11) is 0. The molecule has 0 unspecified atom stereocenters. The van der Waals surface area contributed by atoms with E-state index < -0.39 is 24.0 Å². The van der Waals surface area contributed by atoms with Crippen LogP contribution in [0.1, 0.15) is 73.3 Å². The first kappa shape index (κ1) is 33.1. The van der Waals surface area contributed by atoms with E-state index in [0.717, 1.165) is 40.9 Å². The number of nitrogens with one attached hydrogen (secondary N) is 1. The maximum atomic E-state index is 12.2. The van der Waals surface area contributed by atoms with Gasteiger partial charge >= 0.3 is 5.97 Å². The average molecular weight is 637 g/mol. The Hall–Kier alpha value is -3.31. The fourth-order valence-corrected chi connectivity index (χ4v) is 6.03. The highest BCUT2D eigenvalue weighted by molar-refractivity contribution is 6.30. The zero-order valence-corrected chi connectivity index (χ0v) is 26.4. The molecule has 0 aliphatic carbocycles. The number of halogens is 1. The molecule has 4 atom stereocenters. The van der Waals surface area contributed by atoms with Gasteiger partial charge in [0.25, 0.3) is 5.91 Å². The summed E-state index contributed by atoms with van der Waals surface area (Å²) in [6.45, 7) is 5.24. The number of hydrogen-bond donors (Lipinski definition) is 3. The van der Waals surface area contributed by atoms with Gasteiger partial charge in [-0.2, -0.15) is 0 Å². The number of amides is 1. The fourth-order valence-electron chi connectivity index (χ4n) is 5.90. The SMILES string of the molecule is CC(=O)O[C@@H](C)C(=O)NCc1ccc([C@@H]2O[C@H](CN3CCC(O)(c4ccc(Cl)cc4)CC3)C[C@H](c3ccc(CO)cc3)O2)cc1. The van der Waals surface area contributed by atoms with Crippen LogP contribution in [0.4, 0.5) is 0 Å². The smallest absolute Gasteiger partial charge is 0.303 e. The van der Waals surface area contributed by atoms with Crippen LogP contribution in [0.25, 0.3) is 0 Å². The molecule has 2 heterocycles. The number of rotatable bonds is 10. The molecule has 3 aromatic carbocycles. The Labute approximate surface area is 269 Å². The van der Waals surface area contributed by atoms with Gasteiger partial charge in [-0.05, 0) is 54.2 Å². The summed E-state index contributed by atoms with van der Waals surface area (Å²) in [5, 5.41) is 24.3. The van der Waals surface area contributed by atoms with Gasteiger partial charge in [0, 0.05) is 50.1 Å². The highest BCUT2D eigenvalue weighted by atomic mass is 35.5. The van der Waals surface area contributed by atoms with Crippen molar-refractivity contribution in [3.8, 4) is 0 Å². The van der Waals surface area contributed by atoms with Gasteiger partial charge in [-0.15, -0.1) is 0 Å². The van der Waals surface area contributed by atoms with Gasteiger partial charge in [0.2, 0.25) is 0 Å². The lowest BCUT2D eigenvalue weighted by Gasteiger charge is -2.42. The maximum Gasteiger partial charge on any atom is 0.303 e. The molecule has 2 aliphatic heterocycles. The second-order valence-electron chi connectivity index (χ2n) is 11.9. The van der Waals surface area contributed by atoms with E-state index in [0.29, 0.717) is 30.8 Å². The summed E-state index contributed by atoms with van der Waals surface area (Å²) in [5.41, 5.74) is 3.61. The van der Waals surface area contributed by atoms with Crippen LogP contribution in [-0.4, -0.2) is 58.8 Å². The van der Waals surface area contributed by atoms with Crippen molar-refractivity contribution in [1.82, 2.24) is 10.2 Å². The highest BCUT2D eigenvalue weighted by Gasteiger charge is 2.37. The molecule has 0 aromatic heterocycles. The van der Waals surface area contributed by atoms with Crippen molar-refractivity contribution in [2.75, 3.05) is 19.6 Å². The van der Waals surface area contributed by atoms with E-state index in [1.54, 1.807) is 0 Å². The lowest BCUT2D eigenvalue weighted by Crippen LogP contribution is -2.46. The van der Waals surface area contributed by atoms with Crippen molar-refractivity contribution in [2.45, 2.75) is 76.5 Å². The Bertz CT molecular complexity index is 1420. The molecule has 0 bridgehead atoms. The first-order valence-electron chi connectivity index (χ1n) is 15.4. The zero-order chi connectivity index (χ0) is 32.0. The van der Waals surface area contributed by atoms with Crippen LogP contribution in [-0.2, 0) is 42.6 Å². The molecule has 1 amide bonds. The summed E-state index contributed by atoms with van der Waals surface area (Å²) in [4.78, 5) is 25.7. The molecule has 0 spiro atoms. The van der Waals surface area contributed by atoms with Crippen molar-refractivity contribution in [3.63, 3.8) is 0 Å². The number of nitrogens with zero attached hydrogens (tertiary/aromatic N) is 1. The minimum atomic E-state index is -0.878. The van der Waals surface area contributed by atoms with Crippen molar-refractivity contribution < 1.29 is 34.0 Å². The van der Waals surface area contributed by atoms with Gasteiger partial charge in [0.05, 0.1) is 24.4 Å². The average Bonchev–Trinajstić information content (AvgIpc) is 3.05. The number of ether oxygens (including phenoxy) is 3. The first-order valence-corrected chi connectivity index (χ1v) is 15.7. The number of aliphatic hydroxyl groups is 2. The summed E-state index contributed by atoms with van der Waals surface area (Å²) in [5.74, 6) is -0.870. The van der Waals surface area contributed by atoms with Crippen LogP contribution < -0.4 is 5.32 Å². The van der Waals surface area contributed by atoms with E-state index in [1.807, 2.05) is 72.8 Å². The molecule has 10 heteroatoms. The van der Waals surface area contributed by atoms with E-state index in [9.17, 15) is 19.8 Å². The molecule has 0 saturated carbocycles. The standard InChI is InChI=1S/C35H41ClN2O7/c1-23(43-24(2)40)33(41)37-20-25-3-9-28(10-4-25)34-44-31(19-32(45-34)27-7-5-26(22-39)6-8-27)21-38-17-15-35(42,16-18-38)29-11-13-30(36)14-12-29/h3-14,23,31-32,34,39,42H,15-22H2,1-2H3,(H,37,41)/t23-,31-,32+,34+/m0/s1. The number of carbonyl (C=O) groups excluding carboxylic acids is 2. The summed E-state index contributed by atoms with van der Waals surface area (Å²) in [6.07, 6.45) is 0.105. The number of esters is 1. The quantitative estimate of drug-likeness (QED) is 0.268. The first-order chi connectivity index (χ1) is 21.6. The molecular formula is C35H41ClN2O7. The van der Waals surface area contributed by atoms with Gasteiger partial charge in [-0.1, -0.05) is 72.3 Å². The van der Waals surface area contributed by atoms with Crippen LogP contribution in [0.15, 0.2) is 72.8 Å². The molecule has 0 radical (unpaired) electrons. The third-order valence-corrected chi connectivity index (χ3v) is 8.82. The monoisotopic (exact) mass is 636 g/mol. The van der Waals surface area contributed by atoms with Gasteiger partial charge in [-0.25, -0.2) is 0 Å². The molecule has 2 fully saturated rings. The van der Waals surface area contributed by atoms with Crippen LogP contribution in [0, 0.1) is 0 Å². The summed E-state index contributed by atoms with van der Waals surface area (Å²) < 4.78 is 18.0. The fraction of sp³-hybridized carbons (Fsp3) is 0.429. The van der Waals surface area contributed by atoms with Crippen molar-refractivity contribution in [3.05, 3.63) is 106 Å². The number of carbonyl (C=O) groups is 2. The van der Waals surface area contributed by atoms with Gasteiger partial charge in [0.1, 0.15) is 0 Å². The molecule has 2 saturated heterocycles. The summed E-state index contributed by atoms with van der Waals surface area (Å²) in [6, 6.07) is 22.9. The predicted octanol–water partition coefficient (Wildman–Crippen LogP) is 4.93. The van der Waals surface area contributed by atoms with Crippen LogP contribution in [0.3, 0.4) is 0 Å². The summed E-state index contributed by atoms with van der Waals surface area (Å²) >= 11 is 6.06. The number of benzene rings is 3. The number of hydrogen-bond acceptors (Lipinski definition) is 8. The molecule has 240 valence electrons. The molecule has 2 aliphatic rings. The van der Waals surface area contributed by atoms with E-state index in [-0.39, 0.29) is 31.3 Å². The zero-order valence-electron chi connectivity index (χ0n) is 25.7. The van der Waals surface area contributed by atoms with Crippen molar-refractivity contribution in [2.24, 2.45) is 0 Å². The van der Waals surface area contributed by atoms with Gasteiger partial charge < -0.3 is 34.6 Å². The van der Waals surface area contributed by atoms with Crippen molar-refractivity contribution >= 4 is 23.5 Å². The third-order valence-electron chi connectivity index (χ3n) is 8.57. The van der Waals surface area contributed by atoms with E-state index in [4.69, 9.17) is 25.8 Å². The second-order valence-corrected chi connectivity index (χ2v) is 12.3. The lowest BCUT2D eigenvalue weighted by atomic mass is 9.84. The second kappa shape index (κ2) is 14.9. The third kappa shape index (κ3) is 8.70. The van der Waals surface area contributed by atoms with Gasteiger partial charge in [0.15, 0.2) is 12.4 Å². The number of likely N-dealkylation sites (tertiary alicyclic amines) is 1. The topological polar surface area (TPSA) is 118 Å². The molecule has 3 aromatic rings. The molecule has 5 rings (SSSR count). The van der Waals surface area contributed by atoms with E-state index in [1.165, 1.54) is 13.8 Å². The molecule has 45 heavy (non-hydrogen) atoms. The number of piperidine rings is 1. The largest absolute Gasteiger partial charge is 0.453 e. The van der Waals surface area contributed by atoms with Crippen LogP contribution in [0.2, 0.25) is 5.02 Å². The lowest BCUT2D eigenvalue weighted by molar-refractivity contribution is -0.253. The van der Waals surface area contributed by atoms with Crippen molar-refractivity contribution in [1.29, 1.82) is 0 Å². The normalized spacial score (nSPS) is 22.4.